The van der Waals surface area contributed by atoms with E-state index in [-0.39, 0.29) is 5.56 Å². The fourth-order valence-electron chi connectivity index (χ4n) is 0.824. The van der Waals surface area contributed by atoms with Gasteiger partial charge < -0.3 is 5.73 Å². The van der Waals surface area contributed by atoms with Crippen molar-refractivity contribution >= 4 is 0 Å². The Kier molecular flexibility index (Phi) is 2.38. The molecule has 60 valence electrons. The lowest BCUT2D eigenvalue weighted by molar-refractivity contribution is 0.662. The fourth-order valence-corrected chi connectivity index (χ4v) is 0.824. The molecule has 4 heteroatoms. The molecular formula is C7H11N3O. The zero-order chi connectivity index (χ0) is 8.27. The zero-order valence-corrected chi connectivity index (χ0v) is 6.45. The smallest absolute Gasteiger partial charge is 0.253 e. The predicted octanol–water partition coefficient (Wildman–Crippen LogP) is -0.490. The second-order valence-corrected chi connectivity index (χ2v) is 2.35. The minimum absolute atomic E-state index is 0.0389. The monoisotopic (exact) mass is 153 g/mol. The molecule has 11 heavy (non-hydrogen) atoms. The van der Waals surface area contributed by atoms with E-state index < -0.39 is 0 Å². The fraction of sp³-hybridized carbons (Fsp3) is 0.429. The van der Waals surface area contributed by atoms with Gasteiger partial charge in [-0.3, -0.25) is 9.36 Å². The first-order valence-electron chi connectivity index (χ1n) is 3.47. The summed E-state index contributed by atoms with van der Waals surface area (Å²) in [5, 5.41) is 0. The molecule has 2 N–H and O–H groups in total. The van der Waals surface area contributed by atoms with Gasteiger partial charge in [0.05, 0.1) is 6.33 Å². The summed E-state index contributed by atoms with van der Waals surface area (Å²) < 4.78 is 1.49. The third-order valence-corrected chi connectivity index (χ3v) is 1.39. The number of nitrogens with zero attached hydrogens (tertiary/aromatic N) is 2. The van der Waals surface area contributed by atoms with Crippen molar-refractivity contribution in [3.05, 3.63) is 28.4 Å². The summed E-state index contributed by atoms with van der Waals surface area (Å²) in [5.74, 6) is 0. The Balaban J connectivity index is 3.00. The summed E-state index contributed by atoms with van der Waals surface area (Å²) in [6.45, 7) is 2.78. The highest BCUT2D eigenvalue weighted by molar-refractivity contribution is 4.95. The first-order valence-corrected chi connectivity index (χ1v) is 3.47. The van der Waals surface area contributed by atoms with Gasteiger partial charge in [-0.15, -0.1) is 0 Å². The van der Waals surface area contributed by atoms with Crippen LogP contribution in [0.1, 0.15) is 5.69 Å². The summed E-state index contributed by atoms with van der Waals surface area (Å²) >= 11 is 0. The van der Waals surface area contributed by atoms with Crippen LogP contribution in [0.15, 0.2) is 17.2 Å². The molecule has 0 radical (unpaired) electrons. The van der Waals surface area contributed by atoms with E-state index >= 15 is 0 Å². The molecule has 0 saturated carbocycles. The van der Waals surface area contributed by atoms with Gasteiger partial charge in [0.2, 0.25) is 0 Å². The SMILES string of the molecule is Cc1cc(=O)n(CCN)cn1. The van der Waals surface area contributed by atoms with E-state index in [9.17, 15) is 4.79 Å². The highest BCUT2D eigenvalue weighted by atomic mass is 16.1. The van der Waals surface area contributed by atoms with Crippen LogP contribution < -0.4 is 11.3 Å². The van der Waals surface area contributed by atoms with Crippen molar-refractivity contribution in [1.82, 2.24) is 9.55 Å². The number of aromatic nitrogens is 2. The van der Waals surface area contributed by atoms with Gasteiger partial charge in [-0.05, 0) is 6.92 Å². The lowest BCUT2D eigenvalue weighted by Gasteiger charge is -2.00. The number of hydrogen-bond donors (Lipinski definition) is 1. The van der Waals surface area contributed by atoms with Crippen LogP contribution in [-0.4, -0.2) is 16.1 Å². The Labute approximate surface area is 64.7 Å². The van der Waals surface area contributed by atoms with E-state index in [0.29, 0.717) is 13.1 Å². The Bertz CT molecular complexity index is 292. The maximum atomic E-state index is 11.1. The second kappa shape index (κ2) is 3.30. The first kappa shape index (κ1) is 7.94. The molecule has 1 rings (SSSR count). The highest BCUT2D eigenvalue weighted by Crippen LogP contribution is 1.83. The van der Waals surface area contributed by atoms with Crippen molar-refractivity contribution in [3.63, 3.8) is 0 Å². The zero-order valence-electron chi connectivity index (χ0n) is 6.45. The van der Waals surface area contributed by atoms with Crippen LogP contribution in [-0.2, 0) is 6.54 Å². The molecule has 0 bridgehead atoms. The van der Waals surface area contributed by atoms with E-state index in [1.54, 1.807) is 6.92 Å². The summed E-state index contributed by atoms with van der Waals surface area (Å²) in [5.41, 5.74) is 5.98. The minimum Gasteiger partial charge on any atom is -0.329 e. The van der Waals surface area contributed by atoms with Gasteiger partial charge in [0.15, 0.2) is 0 Å². The molecule has 0 saturated heterocycles. The van der Waals surface area contributed by atoms with Crippen LogP contribution >= 0.6 is 0 Å². The van der Waals surface area contributed by atoms with Gasteiger partial charge in [-0.25, -0.2) is 4.98 Å². The molecule has 0 atom stereocenters. The summed E-state index contributed by atoms with van der Waals surface area (Å²) in [7, 11) is 0. The summed E-state index contributed by atoms with van der Waals surface area (Å²) in [4.78, 5) is 15.1. The van der Waals surface area contributed by atoms with Crippen molar-refractivity contribution < 1.29 is 0 Å². The Morgan fingerprint density at radius 1 is 1.73 bits per heavy atom. The van der Waals surface area contributed by atoms with E-state index in [1.165, 1.54) is 17.0 Å². The molecule has 0 aliphatic carbocycles. The molecule has 0 aliphatic rings. The van der Waals surface area contributed by atoms with E-state index in [1.807, 2.05) is 0 Å². The average molecular weight is 153 g/mol. The Morgan fingerprint density at radius 3 is 3.00 bits per heavy atom. The molecule has 0 spiro atoms. The van der Waals surface area contributed by atoms with Crippen LogP contribution in [0.25, 0.3) is 0 Å². The molecule has 0 fully saturated rings. The van der Waals surface area contributed by atoms with E-state index in [4.69, 9.17) is 5.73 Å². The van der Waals surface area contributed by atoms with Crippen LogP contribution in [0.2, 0.25) is 0 Å². The van der Waals surface area contributed by atoms with Gasteiger partial charge in [0, 0.05) is 24.8 Å². The number of rotatable bonds is 2. The van der Waals surface area contributed by atoms with Crippen molar-refractivity contribution in [1.29, 1.82) is 0 Å². The third kappa shape index (κ3) is 1.88. The lowest BCUT2D eigenvalue weighted by atomic mass is 10.4. The predicted molar refractivity (Wildman–Crippen MR) is 42.3 cm³/mol. The van der Waals surface area contributed by atoms with Gasteiger partial charge in [0.1, 0.15) is 0 Å². The number of aryl methyl sites for hydroxylation is 1. The van der Waals surface area contributed by atoms with Crippen LogP contribution in [0.4, 0.5) is 0 Å². The largest absolute Gasteiger partial charge is 0.329 e. The number of hydrogen-bond acceptors (Lipinski definition) is 3. The van der Waals surface area contributed by atoms with Gasteiger partial charge in [-0.2, -0.15) is 0 Å². The number of nitrogens with two attached hydrogens (primary N) is 1. The highest BCUT2D eigenvalue weighted by Gasteiger charge is 1.93. The molecule has 1 heterocycles. The molecular weight excluding hydrogens is 142 g/mol. The van der Waals surface area contributed by atoms with Crippen LogP contribution in [0, 0.1) is 6.92 Å². The molecule has 1 aromatic heterocycles. The quantitative estimate of drug-likeness (QED) is 0.623. The van der Waals surface area contributed by atoms with Crippen LogP contribution in [0.5, 0.6) is 0 Å². The van der Waals surface area contributed by atoms with E-state index in [2.05, 4.69) is 4.98 Å². The summed E-state index contributed by atoms with van der Waals surface area (Å²) in [6.07, 6.45) is 1.52. The first-order chi connectivity index (χ1) is 5.24. The molecule has 0 unspecified atom stereocenters. The van der Waals surface area contributed by atoms with Gasteiger partial charge in [0.25, 0.3) is 5.56 Å². The van der Waals surface area contributed by atoms with E-state index in [0.717, 1.165) is 5.69 Å². The molecule has 4 nitrogen and oxygen atoms in total. The van der Waals surface area contributed by atoms with Crippen molar-refractivity contribution in [3.8, 4) is 0 Å². The van der Waals surface area contributed by atoms with Crippen molar-refractivity contribution in [2.75, 3.05) is 6.54 Å². The maximum Gasteiger partial charge on any atom is 0.253 e. The summed E-state index contributed by atoms with van der Waals surface area (Å²) in [6, 6.07) is 1.50. The van der Waals surface area contributed by atoms with Gasteiger partial charge in [-0.1, -0.05) is 0 Å². The molecule has 0 aliphatic heterocycles. The van der Waals surface area contributed by atoms with Crippen LogP contribution in [0.3, 0.4) is 0 Å². The van der Waals surface area contributed by atoms with Crippen molar-refractivity contribution in [2.24, 2.45) is 5.73 Å². The molecule has 0 aromatic carbocycles. The average Bonchev–Trinajstić information content (AvgIpc) is 1.95. The standard InChI is InChI=1S/C7H11N3O/c1-6-4-7(11)10(3-2-8)5-9-6/h4-5H,2-3,8H2,1H3. The van der Waals surface area contributed by atoms with Gasteiger partial charge >= 0.3 is 0 Å². The maximum absolute atomic E-state index is 11.1. The topological polar surface area (TPSA) is 60.9 Å². The Morgan fingerprint density at radius 2 is 2.45 bits per heavy atom. The molecule has 0 amide bonds. The normalized spacial score (nSPS) is 10.0. The third-order valence-electron chi connectivity index (χ3n) is 1.39. The minimum atomic E-state index is -0.0389. The second-order valence-electron chi connectivity index (χ2n) is 2.35. The van der Waals surface area contributed by atoms with Crippen molar-refractivity contribution in [2.45, 2.75) is 13.5 Å². The molecule has 1 aromatic rings. The lowest BCUT2D eigenvalue weighted by Crippen LogP contribution is -2.23. The Hall–Kier alpha value is -1.16.